The van der Waals surface area contributed by atoms with Crippen LogP contribution in [0.3, 0.4) is 0 Å². The van der Waals surface area contributed by atoms with E-state index in [2.05, 4.69) is 0 Å². The number of benzene rings is 1. The summed E-state index contributed by atoms with van der Waals surface area (Å²) in [5.74, 6) is 0.751. The fourth-order valence-electron chi connectivity index (χ4n) is 3.45. The molecule has 1 aromatic carbocycles. The molecule has 2 aliphatic rings. The van der Waals surface area contributed by atoms with Gasteiger partial charge in [-0.15, -0.1) is 11.8 Å². The second-order valence-corrected chi connectivity index (χ2v) is 10.9. The zero-order valence-corrected chi connectivity index (χ0v) is 17.3. The van der Waals surface area contributed by atoms with Gasteiger partial charge in [0.05, 0.1) is 11.0 Å². The lowest BCUT2D eigenvalue weighted by Crippen LogP contribution is -2.60. The van der Waals surface area contributed by atoms with E-state index >= 15 is 0 Å². The van der Waals surface area contributed by atoms with Crippen LogP contribution in [0.1, 0.15) is 17.5 Å². The van der Waals surface area contributed by atoms with Crippen LogP contribution in [-0.4, -0.2) is 73.9 Å². The largest absolute Gasteiger partial charge is 0.367 e. The Morgan fingerprint density at radius 3 is 2.46 bits per heavy atom. The van der Waals surface area contributed by atoms with Gasteiger partial charge in [0.25, 0.3) is 0 Å². The van der Waals surface area contributed by atoms with Crippen molar-refractivity contribution in [3.8, 4) is 0 Å². The van der Waals surface area contributed by atoms with Crippen LogP contribution in [0.5, 0.6) is 0 Å². The number of hydrogen-bond acceptors (Lipinski definition) is 5. The number of ether oxygens (including phenoxy) is 1. The van der Waals surface area contributed by atoms with Crippen molar-refractivity contribution in [2.45, 2.75) is 36.0 Å². The number of carbonyl (C=O) groups is 1. The van der Waals surface area contributed by atoms with Crippen LogP contribution in [0, 0.1) is 13.8 Å². The first-order valence-corrected chi connectivity index (χ1v) is 11.1. The normalized spacial score (nSPS) is 22.4. The van der Waals surface area contributed by atoms with Gasteiger partial charge in [0, 0.05) is 37.7 Å². The van der Waals surface area contributed by atoms with Gasteiger partial charge >= 0.3 is 0 Å². The van der Waals surface area contributed by atoms with Crippen molar-refractivity contribution in [1.82, 2.24) is 9.21 Å². The molecule has 0 N–H and O–H groups in total. The maximum absolute atomic E-state index is 12.9. The lowest BCUT2D eigenvalue weighted by molar-refractivity contribution is -0.135. The van der Waals surface area contributed by atoms with Gasteiger partial charge in [-0.1, -0.05) is 6.07 Å². The van der Waals surface area contributed by atoms with Crippen molar-refractivity contribution in [1.29, 1.82) is 0 Å². The fraction of sp³-hybridized carbons (Fsp3) is 0.611. The summed E-state index contributed by atoms with van der Waals surface area (Å²) >= 11 is 1.76. The highest BCUT2D eigenvalue weighted by atomic mass is 32.2. The van der Waals surface area contributed by atoms with Crippen LogP contribution in [0.2, 0.25) is 0 Å². The van der Waals surface area contributed by atoms with E-state index in [1.54, 1.807) is 42.3 Å². The Kier molecular flexibility index (Phi) is 5.40. The van der Waals surface area contributed by atoms with Gasteiger partial charge in [-0.05, 0) is 43.5 Å². The maximum Gasteiger partial charge on any atom is 0.248 e. The molecule has 2 heterocycles. The van der Waals surface area contributed by atoms with Gasteiger partial charge < -0.3 is 9.64 Å². The van der Waals surface area contributed by atoms with E-state index in [1.165, 1.54) is 4.90 Å². The third kappa shape index (κ3) is 3.93. The minimum absolute atomic E-state index is 0.00923. The highest BCUT2D eigenvalue weighted by Gasteiger charge is 2.53. The third-order valence-electron chi connectivity index (χ3n) is 4.88. The predicted molar refractivity (Wildman–Crippen MR) is 103 cm³/mol. The topological polar surface area (TPSA) is 66.9 Å². The van der Waals surface area contributed by atoms with E-state index < -0.39 is 10.0 Å². The zero-order chi connectivity index (χ0) is 19.1. The number of amides is 1. The van der Waals surface area contributed by atoms with Crippen molar-refractivity contribution < 1.29 is 17.9 Å². The van der Waals surface area contributed by atoms with Gasteiger partial charge in [-0.25, -0.2) is 8.42 Å². The quantitative estimate of drug-likeness (QED) is 0.755. The van der Waals surface area contributed by atoms with E-state index in [4.69, 9.17) is 4.74 Å². The molecule has 1 unspecified atom stereocenters. The van der Waals surface area contributed by atoms with E-state index in [-0.39, 0.29) is 23.4 Å². The first-order valence-electron chi connectivity index (χ1n) is 8.65. The summed E-state index contributed by atoms with van der Waals surface area (Å²) in [6.45, 7) is 4.92. The van der Waals surface area contributed by atoms with Crippen molar-refractivity contribution >= 4 is 27.7 Å². The molecule has 2 saturated heterocycles. The first kappa shape index (κ1) is 19.7. The summed E-state index contributed by atoms with van der Waals surface area (Å²) in [5.41, 5.74) is 1.90. The molecule has 0 aromatic heterocycles. The molecule has 8 heteroatoms. The summed E-state index contributed by atoms with van der Waals surface area (Å²) < 4.78 is 32.9. The highest BCUT2D eigenvalue weighted by Crippen LogP contribution is 2.47. The first-order chi connectivity index (χ1) is 12.1. The van der Waals surface area contributed by atoms with Crippen LogP contribution in [0.15, 0.2) is 23.1 Å². The number of hydrogen-bond donors (Lipinski definition) is 0. The number of sulfonamides is 1. The second-order valence-electron chi connectivity index (χ2n) is 7.52. The average Bonchev–Trinajstić information content (AvgIpc) is 2.94. The number of rotatable bonds is 5. The molecule has 26 heavy (non-hydrogen) atoms. The molecule has 3 rings (SSSR count). The maximum atomic E-state index is 12.9. The molecule has 1 atom stereocenters. The molecule has 144 valence electrons. The fourth-order valence-corrected chi connectivity index (χ4v) is 6.96. The van der Waals surface area contributed by atoms with E-state index in [0.717, 1.165) is 23.3 Å². The summed E-state index contributed by atoms with van der Waals surface area (Å²) in [5, 5.41) is 0. The summed E-state index contributed by atoms with van der Waals surface area (Å²) in [6.07, 6.45) is 0.798. The van der Waals surface area contributed by atoms with Crippen molar-refractivity contribution in [2.75, 3.05) is 39.5 Å². The number of thioether (sulfide) groups is 1. The smallest absolute Gasteiger partial charge is 0.248 e. The summed E-state index contributed by atoms with van der Waals surface area (Å²) in [4.78, 5) is 13.5. The molecule has 6 nitrogen and oxygen atoms in total. The molecular formula is C18H26N2O4S2. The molecule has 1 spiro atoms. The van der Waals surface area contributed by atoms with Crippen molar-refractivity contribution in [3.63, 3.8) is 0 Å². The molecule has 0 aliphatic carbocycles. The van der Waals surface area contributed by atoms with Gasteiger partial charge in [-0.2, -0.15) is 4.31 Å². The Labute approximate surface area is 159 Å². The number of carbonyl (C=O) groups excluding carboxylic acids is 1. The number of aryl methyl sites for hydroxylation is 2. The van der Waals surface area contributed by atoms with E-state index in [1.807, 2.05) is 19.9 Å². The Hall–Kier alpha value is -1.09. The Bertz CT molecular complexity index is 781. The van der Waals surface area contributed by atoms with E-state index in [9.17, 15) is 13.2 Å². The number of likely N-dealkylation sites (N-methyl/N-ethyl adjacent to an activating group) is 1. The number of nitrogens with zero attached hydrogens (tertiary/aromatic N) is 2. The average molecular weight is 399 g/mol. The summed E-state index contributed by atoms with van der Waals surface area (Å²) in [6, 6.07) is 5.43. The molecule has 0 radical (unpaired) electrons. The molecule has 0 saturated carbocycles. The van der Waals surface area contributed by atoms with Crippen molar-refractivity contribution in [2.24, 2.45) is 0 Å². The SMILES string of the molecule is Cc1cc(C)cc(S(=O)(=O)N2CC3(CC(OCC(=O)N(C)C)CS3)C2)c1. The third-order valence-corrected chi connectivity index (χ3v) is 8.22. The lowest BCUT2D eigenvalue weighted by Gasteiger charge is -2.46. The summed E-state index contributed by atoms with van der Waals surface area (Å²) in [7, 11) is -0.0335. The van der Waals surface area contributed by atoms with Gasteiger partial charge in [0.1, 0.15) is 6.61 Å². The Morgan fingerprint density at radius 1 is 1.27 bits per heavy atom. The van der Waals surface area contributed by atoms with Crippen molar-refractivity contribution in [3.05, 3.63) is 29.3 Å². The van der Waals surface area contributed by atoms with Crippen LogP contribution in [0.4, 0.5) is 0 Å². The van der Waals surface area contributed by atoms with Gasteiger partial charge in [0.15, 0.2) is 0 Å². The molecule has 0 bridgehead atoms. The van der Waals surface area contributed by atoms with Crippen LogP contribution in [0.25, 0.3) is 0 Å². The van der Waals surface area contributed by atoms with Gasteiger partial charge in [0.2, 0.25) is 15.9 Å². The van der Waals surface area contributed by atoms with Gasteiger partial charge in [-0.3, -0.25) is 4.79 Å². The zero-order valence-electron chi connectivity index (χ0n) is 15.7. The molecule has 2 fully saturated rings. The molecule has 2 aliphatic heterocycles. The van der Waals surface area contributed by atoms with Crippen LogP contribution in [-0.2, 0) is 19.6 Å². The Balaban J connectivity index is 1.59. The van der Waals surface area contributed by atoms with E-state index in [0.29, 0.717) is 18.0 Å². The predicted octanol–water partition coefficient (Wildman–Crippen LogP) is 1.66. The monoisotopic (exact) mass is 398 g/mol. The standard InChI is InChI=1S/C18H26N2O4S2/c1-13-5-14(2)7-16(6-13)26(22,23)20-11-18(12-20)8-15(10-25-18)24-9-17(21)19(3)4/h5-7,15H,8-12H2,1-4H3. The molecule has 1 amide bonds. The minimum atomic E-state index is -3.45. The van der Waals surface area contributed by atoms with Crippen LogP contribution >= 0.6 is 11.8 Å². The second kappa shape index (κ2) is 7.14. The lowest BCUT2D eigenvalue weighted by atomic mass is 9.95. The highest BCUT2D eigenvalue weighted by molar-refractivity contribution is 8.01. The minimum Gasteiger partial charge on any atom is -0.367 e. The molecular weight excluding hydrogens is 372 g/mol. The molecule has 1 aromatic rings. The Morgan fingerprint density at radius 2 is 1.88 bits per heavy atom. The van der Waals surface area contributed by atoms with Crippen LogP contribution < -0.4 is 0 Å².